The Morgan fingerprint density at radius 2 is 2.09 bits per heavy atom. The van der Waals surface area contributed by atoms with E-state index in [1.54, 1.807) is 6.92 Å². The molecule has 0 saturated heterocycles. The Hall–Kier alpha value is 0.340. The van der Waals surface area contributed by atoms with E-state index in [1.807, 2.05) is 0 Å². The first-order valence-corrected chi connectivity index (χ1v) is 6.18. The Labute approximate surface area is 66.2 Å². The molecule has 0 bridgehead atoms. The Kier molecular flexibility index (Phi) is 5.23. The van der Waals surface area contributed by atoms with Crippen molar-refractivity contribution in [1.82, 2.24) is 0 Å². The molecule has 0 aromatic heterocycles. The van der Waals surface area contributed by atoms with Crippen molar-refractivity contribution < 1.29 is 22.9 Å². The van der Waals surface area contributed by atoms with Gasteiger partial charge in [0.1, 0.15) is 0 Å². The highest BCUT2D eigenvalue weighted by Crippen LogP contribution is 2.50. The summed E-state index contributed by atoms with van der Waals surface area (Å²) in [5.41, 5.74) is 0. The first-order valence-electron chi connectivity index (χ1n) is 3.20. The third kappa shape index (κ3) is 5.59. The van der Waals surface area contributed by atoms with Crippen LogP contribution in [-0.4, -0.2) is 17.7 Å². The average molecular weight is 202 g/mol. The van der Waals surface area contributed by atoms with Crippen LogP contribution < -0.4 is 0 Å². The first-order chi connectivity index (χ1) is 5.02. The Morgan fingerprint density at radius 3 is 2.45 bits per heavy atom. The highest BCUT2D eigenvalue weighted by molar-refractivity contribution is 7.59. The monoisotopic (exact) mass is 202 g/mol. The van der Waals surface area contributed by atoms with Gasteiger partial charge in [-0.25, -0.2) is 4.31 Å². The quantitative estimate of drug-likeness (QED) is 0.686. The SMILES string of the molecule is CCO[PH](=O)OP(=O)(O)CC. The molecular weight excluding hydrogens is 190 g/mol. The molecule has 1 N–H and O–H groups in total. The van der Waals surface area contributed by atoms with Gasteiger partial charge in [-0.15, -0.1) is 0 Å². The molecule has 0 aromatic carbocycles. The van der Waals surface area contributed by atoms with Gasteiger partial charge in [-0.3, -0.25) is 9.13 Å². The van der Waals surface area contributed by atoms with Gasteiger partial charge in [0.2, 0.25) is 0 Å². The van der Waals surface area contributed by atoms with Crippen molar-refractivity contribution in [3.05, 3.63) is 0 Å². The summed E-state index contributed by atoms with van der Waals surface area (Å²) in [5, 5.41) is 0. The molecule has 0 radical (unpaired) electrons. The van der Waals surface area contributed by atoms with Crippen LogP contribution in [0.5, 0.6) is 0 Å². The molecule has 0 aliphatic rings. The molecule has 68 valence electrons. The first kappa shape index (κ1) is 11.3. The summed E-state index contributed by atoms with van der Waals surface area (Å²) in [4.78, 5) is 8.80. The summed E-state index contributed by atoms with van der Waals surface area (Å²) in [6.07, 6.45) is -0.0590. The fourth-order valence-corrected chi connectivity index (χ4v) is 2.22. The fraction of sp³-hybridized carbons (Fsp3) is 1.00. The van der Waals surface area contributed by atoms with Gasteiger partial charge in [0, 0.05) is 6.16 Å². The van der Waals surface area contributed by atoms with Gasteiger partial charge in [0.15, 0.2) is 0 Å². The van der Waals surface area contributed by atoms with Gasteiger partial charge >= 0.3 is 15.9 Å². The summed E-state index contributed by atoms with van der Waals surface area (Å²) in [6, 6.07) is 0. The van der Waals surface area contributed by atoms with Crippen LogP contribution in [0.2, 0.25) is 0 Å². The maximum atomic E-state index is 10.7. The van der Waals surface area contributed by atoms with Gasteiger partial charge in [0.25, 0.3) is 0 Å². The highest BCUT2D eigenvalue weighted by atomic mass is 31.2. The van der Waals surface area contributed by atoms with Gasteiger partial charge < -0.3 is 9.42 Å². The van der Waals surface area contributed by atoms with Crippen molar-refractivity contribution in [2.24, 2.45) is 0 Å². The normalized spacial score (nSPS) is 19.2. The molecule has 2 unspecified atom stereocenters. The number of hydrogen-bond acceptors (Lipinski definition) is 4. The van der Waals surface area contributed by atoms with E-state index in [1.165, 1.54) is 6.92 Å². The Bertz CT molecular complexity index is 179. The molecule has 2 atom stereocenters. The Morgan fingerprint density at radius 1 is 1.55 bits per heavy atom. The van der Waals surface area contributed by atoms with Crippen LogP contribution in [0.1, 0.15) is 13.8 Å². The van der Waals surface area contributed by atoms with Crippen LogP contribution in [0.3, 0.4) is 0 Å². The molecule has 5 nitrogen and oxygen atoms in total. The van der Waals surface area contributed by atoms with Crippen molar-refractivity contribution in [1.29, 1.82) is 0 Å². The molecule has 0 aromatic rings. The van der Waals surface area contributed by atoms with Crippen molar-refractivity contribution in [2.45, 2.75) is 13.8 Å². The molecule has 0 aliphatic heterocycles. The lowest BCUT2D eigenvalue weighted by molar-refractivity contribution is 0.287. The number of rotatable bonds is 5. The van der Waals surface area contributed by atoms with Crippen LogP contribution in [-0.2, 0) is 18.0 Å². The molecule has 0 spiro atoms. The molecule has 0 aliphatic carbocycles. The summed E-state index contributed by atoms with van der Waals surface area (Å²) in [5.74, 6) is 0. The minimum absolute atomic E-state index is 0.0590. The smallest absolute Gasteiger partial charge is 0.324 e. The second-order valence-corrected chi connectivity index (χ2v) is 5.15. The summed E-state index contributed by atoms with van der Waals surface area (Å²) in [7, 11) is -6.42. The zero-order valence-corrected chi connectivity index (χ0v) is 8.34. The lowest BCUT2D eigenvalue weighted by Gasteiger charge is -2.07. The standard InChI is InChI=1S/C4H12O5P2/c1-3-8-10(5)9-11(6,7)4-2/h10H,3-4H2,1-2H3,(H,6,7). The molecule has 0 amide bonds. The van der Waals surface area contributed by atoms with Crippen LogP contribution in [0.4, 0.5) is 0 Å². The van der Waals surface area contributed by atoms with Crippen LogP contribution in [0.25, 0.3) is 0 Å². The maximum Gasteiger partial charge on any atom is 0.334 e. The average Bonchev–Trinajstić information content (AvgIpc) is 1.87. The predicted molar refractivity (Wildman–Crippen MR) is 42.1 cm³/mol. The molecule has 0 fully saturated rings. The summed E-state index contributed by atoms with van der Waals surface area (Å²) < 4.78 is 30.1. The largest absolute Gasteiger partial charge is 0.334 e. The van der Waals surface area contributed by atoms with E-state index in [4.69, 9.17) is 4.89 Å². The van der Waals surface area contributed by atoms with E-state index >= 15 is 0 Å². The van der Waals surface area contributed by atoms with E-state index in [2.05, 4.69) is 8.83 Å². The minimum Gasteiger partial charge on any atom is -0.324 e. The third-order valence-electron chi connectivity index (χ3n) is 0.879. The van der Waals surface area contributed by atoms with Gasteiger partial charge in [-0.05, 0) is 6.92 Å². The maximum absolute atomic E-state index is 10.7. The molecule has 0 heterocycles. The van der Waals surface area contributed by atoms with Crippen molar-refractivity contribution in [3.63, 3.8) is 0 Å². The highest BCUT2D eigenvalue weighted by Gasteiger charge is 2.19. The molecule has 0 rings (SSSR count). The van der Waals surface area contributed by atoms with Crippen LogP contribution in [0.15, 0.2) is 0 Å². The van der Waals surface area contributed by atoms with Crippen molar-refractivity contribution in [3.8, 4) is 0 Å². The molecule has 7 heteroatoms. The van der Waals surface area contributed by atoms with E-state index in [-0.39, 0.29) is 12.8 Å². The third-order valence-corrected chi connectivity index (χ3v) is 3.94. The Balaban J connectivity index is 3.84. The van der Waals surface area contributed by atoms with Gasteiger partial charge in [-0.2, -0.15) is 0 Å². The predicted octanol–water partition coefficient (Wildman–Crippen LogP) is 1.63. The van der Waals surface area contributed by atoms with E-state index in [0.29, 0.717) is 0 Å². The van der Waals surface area contributed by atoms with Gasteiger partial charge in [0.05, 0.1) is 6.61 Å². The molecular formula is C4H12O5P2. The fourth-order valence-electron chi connectivity index (χ4n) is 0.325. The zero-order valence-electron chi connectivity index (χ0n) is 6.44. The minimum atomic E-state index is -3.65. The summed E-state index contributed by atoms with van der Waals surface area (Å²) >= 11 is 0. The molecule has 11 heavy (non-hydrogen) atoms. The molecule has 0 saturated carbocycles. The zero-order chi connectivity index (χ0) is 8.91. The van der Waals surface area contributed by atoms with E-state index in [9.17, 15) is 9.13 Å². The summed E-state index contributed by atoms with van der Waals surface area (Å²) in [6.45, 7) is 3.31. The van der Waals surface area contributed by atoms with Gasteiger partial charge in [-0.1, -0.05) is 6.92 Å². The van der Waals surface area contributed by atoms with Crippen molar-refractivity contribution >= 4 is 15.9 Å². The topological polar surface area (TPSA) is 72.8 Å². The number of hydrogen-bond donors (Lipinski definition) is 1. The van der Waals surface area contributed by atoms with Crippen molar-refractivity contribution in [2.75, 3.05) is 12.8 Å². The van der Waals surface area contributed by atoms with Crippen LogP contribution in [0, 0.1) is 0 Å². The van der Waals surface area contributed by atoms with E-state index < -0.39 is 15.9 Å². The van der Waals surface area contributed by atoms with E-state index in [0.717, 1.165) is 0 Å². The lowest BCUT2D eigenvalue weighted by atomic mass is 10.9. The second kappa shape index (κ2) is 5.07. The second-order valence-electron chi connectivity index (χ2n) is 1.73. The lowest BCUT2D eigenvalue weighted by Crippen LogP contribution is -1.86. The van der Waals surface area contributed by atoms with Crippen LogP contribution >= 0.6 is 15.9 Å².